The lowest BCUT2D eigenvalue weighted by atomic mass is 10.1. The zero-order chi connectivity index (χ0) is 21.1. The van der Waals surface area contributed by atoms with Crippen LogP contribution in [0.4, 0.5) is 4.39 Å². The number of nitrogens with one attached hydrogen (secondary N) is 1. The third-order valence-corrected chi connectivity index (χ3v) is 5.32. The van der Waals surface area contributed by atoms with Gasteiger partial charge in [0.2, 0.25) is 17.7 Å². The molecule has 0 bridgehead atoms. The first-order chi connectivity index (χ1) is 14.5. The maximum atomic E-state index is 14.4. The molecule has 1 saturated carbocycles. The number of nitrogens with zero attached hydrogens (tertiary/aromatic N) is 4. The Hall–Kier alpha value is -3.07. The number of benzene rings is 1. The Morgan fingerprint density at radius 2 is 2.00 bits per heavy atom. The number of ether oxygens (including phenoxy) is 1. The number of halogens is 1. The second-order valence-electron chi connectivity index (χ2n) is 7.44. The number of aromatic nitrogens is 4. The molecule has 4 rings (SSSR count). The Kier molecular flexibility index (Phi) is 5.89. The fourth-order valence-electron chi connectivity index (χ4n) is 3.65. The van der Waals surface area contributed by atoms with Crippen LogP contribution in [-0.2, 0) is 0 Å². The molecule has 9 heteroatoms. The zero-order valence-corrected chi connectivity index (χ0v) is 16.9. The van der Waals surface area contributed by atoms with Crippen molar-refractivity contribution in [2.24, 2.45) is 0 Å². The van der Waals surface area contributed by atoms with E-state index in [-0.39, 0.29) is 17.7 Å². The highest BCUT2D eigenvalue weighted by Gasteiger charge is 2.29. The van der Waals surface area contributed by atoms with Gasteiger partial charge in [-0.1, -0.05) is 0 Å². The van der Waals surface area contributed by atoms with Crippen LogP contribution in [0, 0.1) is 6.92 Å². The van der Waals surface area contributed by atoms with Gasteiger partial charge in [0.15, 0.2) is 0 Å². The van der Waals surface area contributed by atoms with Crippen molar-refractivity contribution in [1.29, 1.82) is 0 Å². The fraction of sp³-hybridized carbons (Fsp3) is 0.429. The summed E-state index contributed by atoms with van der Waals surface area (Å²) in [4.78, 5) is 0. The quantitative estimate of drug-likeness (QED) is 0.613. The lowest BCUT2D eigenvalue weighted by Crippen LogP contribution is -2.35. The van der Waals surface area contributed by atoms with Crippen molar-refractivity contribution in [3.8, 4) is 34.3 Å². The summed E-state index contributed by atoms with van der Waals surface area (Å²) in [5, 5.41) is 29.6. The lowest BCUT2D eigenvalue weighted by molar-refractivity contribution is 0.0837. The molecule has 2 heterocycles. The highest BCUT2D eigenvalue weighted by Crippen LogP contribution is 2.32. The number of phenols is 1. The molecule has 2 aromatic heterocycles. The van der Waals surface area contributed by atoms with Gasteiger partial charge in [0.05, 0.1) is 5.69 Å². The maximum absolute atomic E-state index is 14.4. The lowest BCUT2D eigenvalue weighted by Gasteiger charge is -2.22. The predicted octanol–water partition coefficient (Wildman–Crippen LogP) is 3.46. The summed E-state index contributed by atoms with van der Waals surface area (Å²) >= 11 is 0. The normalized spacial score (nSPS) is 21.9. The molecule has 0 spiro atoms. The summed E-state index contributed by atoms with van der Waals surface area (Å²) < 4.78 is 25.6. The van der Waals surface area contributed by atoms with Crippen LogP contribution in [0.2, 0.25) is 0 Å². The van der Waals surface area contributed by atoms with Gasteiger partial charge in [-0.3, -0.25) is 0 Å². The van der Waals surface area contributed by atoms with E-state index in [9.17, 15) is 9.50 Å². The van der Waals surface area contributed by atoms with E-state index < -0.39 is 12.3 Å². The molecule has 0 saturated heterocycles. The number of hydrogen-bond donors (Lipinski definition) is 2. The zero-order valence-electron chi connectivity index (χ0n) is 16.9. The largest absolute Gasteiger partial charge is 0.507 e. The number of phenolic OH excluding ortho intramolecular Hbond substituents is 1. The molecule has 3 aromatic rings. The molecule has 1 fully saturated rings. The van der Waals surface area contributed by atoms with E-state index in [1.807, 2.05) is 7.05 Å². The van der Waals surface area contributed by atoms with Crippen LogP contribution >= 0.6 is 0 Å². The van der Waals surface area contributed by atoms with Gasteiger partial charge in [-0.2, -0.15) is 0 Å². The Bertz CT molecular complexity index is 995. The van der Waals surface area contributed by atoms with Crippen molar-refractivity contribution in [3.05, 3.63) is 36.2 Å². The highest BCUT2D eigenvalue weighted by atomic mass is 19.1. The third-order valence-electron chi connectivity index (χ3n) is 5.32. The Labute approximate surface area is 173 Å². The van der Waals surface area contributed by atoms with E-state index >= 15 is 0 Å². The van der Waals surface area contributed by atoms with Gasteiger partial charge in [0.1, 0.15) is 18.0 Å². The molecule has 30 heavy (non-hydrogen) atoms. The first-order valence-electron chi connectivity index (χ1n) is 9.99. The van der Waals surface area contributed by atoms with Crippen molar-refractivity contribution in [1.82, 2.24) is 25.7 Å². The minimum absolute atomic E-state index is 0.00998. The standard InChI is InChI=1S/C21H24FN5O3/c1-12-24-27-21(29-12)13-6-7-15(18(28)10-13)17-8-9-20(26-25-17)30-19-11-14(23-2)4-3-5-16(19)22/h6-10,14,16,19,23,28H,3-5,11H2,1-2H3/t14?,16?,19-/m0/s1. The first-order valence-corrected chi connectivity index (χ1v) is 9.99. The molecule has 0 aliphatic heterocycles. The van der Waals surface area contributed by atoms with Crippen LogP contribution in [0.25, 0.3) is 22.7 Å². The Morgan fingerprint density at radius 1 is 1.13 bits per heavy atom. The molecular formula is C21H24FN5O3. The van der Waals surface area contributed by atoms with Crippen molar-refractivity contribution in [2.45, 2.75) is 50.9 Å². The molecule has 8 nitrogen and oxygen atoms in total. The van der Waals surface area contributed by atoms with Crippen molar-refractivity contribution < 1.29 is 18.7 Å². The maximum Gasteiger partial charge on any atom is 0.247 e. The Balaban J connectivity index is 1.49. The second kappa shape index (κ2) is 8.74. The number of aryl methyl sites for hydroxylation is 1. The smallest absolute Gasteiger partial charge is 0.247 e. The van der Waals surface area contributed by atoms with E-state index in [1.54, 1.807) is 31.2 Å². The molecule has 3 atom stereocenters. The van der Waals surface area contributed by atoms with E-state index in [0.717, 1.165) is 12.8 Å². The van der Waals surface area contributed by atoms with Gasteiger partial charge >= 0.3 is 0 Å². The van der Waals surface area contributed by atoms with Gasteiger partial charge in [-0.25, -0.2) is 4.39 Å². The van der Waals surface area contributed by atoms with E-state index in [1.165, 1.54) is 6.07 Å². The number of aromatic hydroxyl groups is 1. The van der Waals surface area contributed by atoms with Gasteiger partial charge in [-0.05, 0) is 50.6 Å². The van der Waals surface area contributed by atoms with E-state index in [4.69, 9.17) is 9.15 Å². The van der Waals surface area contributed by atoms with Gasteiger partial charge in [-0.15, -0.1) is 20.4 Å². The van der Waals surface area contributed by atoms with Gasteiger partial charge in [0.25, 0.3) is 0 Å². The van der Waals surface area contributed by atoms with Crippen LogP contribution in [0.15, 0.2) is 34.7 Å². The molecular weight excluding hydrogens is 389 g/mol. The molecule has 2 unspecified atom stereocenters. The molecule has 1 aliphatic rings. The van der Waals surface area contributed by atoms with Gasteiger partial charge < -0.3 is 19.6 Å². The summed E-state index contributed by atoms with van der Waals surface area (Å²) in [5.74, 6) is 1.05. The van der Waals surface area contributed by atoms with Crippen LogP contribution < -0.4 is 10.1 Å². The molecule has 0 radical (unpaired) electrons. The number of alkyl halides is 1. The fourth-order valence-corrected chi connectivity index (χ4v) is 3.65. The van der Waals surface area contributed by atoms with Gasteiger partial charge in [0, 0.05) is 36.6 Å². The average molecular weight is 413 g/mol. The molecule has 2 N–H and O–H groups in total. The summed E-state index contributed by atoms with van der Waals surface area (Å²) in [5.41, 5.74) is 1.58. The average Bonchev–Trinajstić information content (AvgIpc) is 3.10. The monoisotopic (exact) mass is 413 g/mol. The van der Waals surface area contributed by atoms with Crippen LogP contribution in [0.5, 0.6) is 11.6 Å². The Morgan fingerprint density at radius 3 is 2.67 bits per heavy atom. The molecule has 0 amide bonds. The topological polar surface area (TPSA) is 106 Å². The van der Waals surface area contributed by atoms with Crippen LogP contribution in [0.1, 0.15) is 31.6 Å². The second-order valence-corrected chi connectivity index (χ2v) is 7.44. The molecule has 1 aliphatic carbocycles. The molecule has 158 valence electrons. The highest BCUT2D eigenvalue weighted by molar-refractivity contribution is 5.71. The minimum Gasteiger partial charge on any atom is -0.507 e. The number of hydrogen-bond acceptors (Lipinski definition) is 8. The van der Waals surface area contributed by atoms with Crippen molar-refractivity contribution >= 4 is 0 Å². The summed E-state index contributed by atoms with van der Waals surface area (Å²) in [6, 6.07) is 8.54. The first kappa shape index (κ1) is 20.2. The van der Waals surface area contributed by atoms with Crippen LogP contribution in [0.3, 0.4) is 0 Å². The van der Waals surface area contributed by atoms with E-state index in [0.29, 0.717) is 41.4 Å². The van der Waals surface area contributed by atoms with Crippen molar-refractivity contribution in [2.75, 3.05) is 7.05 Å². The third kappa shape index (κ3) is 4.40. The van der Waals surface area contributed by atoms with Crippen LogP contribution in [-0.4, -0.2) is 50.9 Å². The van der Waals surface area contributed by atoms with E-state index in [2.05, 4.69) is 25.7 Å². The minimum atomic E-state index is -1.03. The number of rotatable bonds is 5. The summed E-state index contributed by atoms with van der Waals surface area (Å²) in [6.07, 6.45) is 1.23. The SMILES string of the molecule is CNC1CCCC(F)[C@@H](Oc2ccc(-c3ccc(-c4nnc(C)o4)cc3O)nn2)C1. The predicted molar refractivity (Wildman–Crippen MR) is 108 cm³/mol. The summed E-state index contributed by atoms with van der Waals surface area (Å²) in [7, 11) is 1.88. The molecule has 1 aromatic carbocycles. The van der Waals surface area contributed by atoms with Crippen molar-refractivity contribution in [3.63, 3.8) is 0 Å². The summed E-state index contributed by atoms with van der Waals surface area (Å²) in [6.45, 7) is 1.70.